The molecule has 1 N–H and O–H groups in total. The average molecular weight is 836 g/mol. The topological polar surface area (TPSA) is 36.8 Å². The number of nitrogens with zero attached hydrogens (tertiary/aromatic N) is 2. The van der Waals surface area contributed by atoms with Crippen LogP contribution in [0.15, 0.2) is 221 Å². The van der Waals surface area contributed by atoms with E-state index in [0.29, 0.717) is 5.92 Å². The van der Waals surface area contributed by atoms with E-state index in [-0.39, 0.29) is 6.17 Å². The molecule has 3 nitrogen and oxygen atoms in total. The number of hydrogen-bond donors (Lipinski definition) is 1. The highest BCUT2D eigenvalue weighted by Gasteiger charge is 2.53. The molecule has 3 heteroatoms. The summed E-state index contributed by atoms with van der Waals surface area (Å²) >= 11 is 0. The van der Waals surface area contributed by atoms with E-state index < -0.39 is 5.41 Å². The largest absolute Gasteiger partial charge is 0.345 e. The third kappa shape index (κ3) is 6.09. The first kappa shape index (κ1) is 38.1. The Balaban J connectivity index is 0.909. The Morgan fingerprint density at radius 3 is 2.15 bits per heavy atom. The Kier molecular flexibility index (Phi) is 9.04. The molecular formula is C62H49N3. The van der Waals surface area contributed by atoms with Crippen molar-refractivity contribution in [2.45, 2.75) is 62.4 Å². The predicted molar refractivity (Wildman–Crippen MR) is 271 cm³/mol. The summed E-state index contributed by atoms with van der Waals surface area (Å²) in [5, 5.41) is 6.37. The van der Waals surface area contributed by atoms with Gasteiger partial charge < -0.3 is 5.32 Å². The summed E-state index contributed by atoms with van der Waals surface area (Å²) in [6, 6.07) is 57.6. The lowest BCUT2D eigenvalue weighted by molar-refractivity contribution is 0.576. The van der Waals surface area contributed by atoms with Crippen molar-refractivity contribution in [2.75, 3.05) is 0 Å². The zero-order chi connectivity index (χ0) is 42.9. The smallest absolute Gasteiger partial charge is 0.159 e. The second-order valence-electron chi connectivity index (χ2n) is 18.5. The highest BCUT2D eigenvalue weighted by atomic mass is 15.2. The van der Waals surface area contributed by atoms with Gasteiger partial charge in [-0.25, -0.2) is 9.98 Å². The van der Waals surface area contributed by atoms with Crippen LogP contribution in [0.5, 0.6) is 0 Å². The number of fused-ring (bicyclic) bond motifs is 12. The number of allylic oxidation sites excluding steroid dienone is 6. The first-order valence-electron chi connectivity index (χ1n) is 23.7. The van der Waals surface area contributed by atoms with Gasteiger partial charge in [0.05, 0.1) is 5.41 Å². The van der Waals surface area contributed by atoms with Crippen LogP contribution in [0.2, 0.25) is 0 Å². The van der Waals surface area contributed by atoms with Gasteiger partial charge in [0.15, 0.2) is 5.84 Å². The second kappa shape index (κ2) is 15.4. The number of aliphatic imine (C=N–C) groups is 2. The third-order valence-corrected chi connectivity index (χ3v) is 14.9. The van der Waals surface area contributed by atoms with Crippen molar-refractivity contribution in [3.05, 3.63) is 239 Å². The molecule has 0 saturated heterocycles. The van der Waals surface area contributed by atoms with Crippen molar-refractivity contribution in [1.82, 2.24) is 5.32 Å². The molecule has 0 amide bonds. The second-order valence-corrected chi connectivity index (χ2v) is 18.5. The van der Waals surface area contributed by atoms with Gasteiger partial charge in [0.25, 0.3) is 0 Å². The van der Waals surface area contributed by atoms with Gasteiger partial charge in [0, 0.05) is 11.5 Å². The SMILES string of the molecule is C1=CCCC(C2=NC(C3=CCCC=C3)=NC(C3=CC(c4ccc(-c5ccc6c(c5)C5(c7ccccc7-c7ccccc75)c5c-6c(-c6ccccc6)cc6ccccc56)cc4)CCC3)N2)=C1. The van der Waals surface area contributed by atoms with Gasteiger partial charge in [0.1, 0.15) is 12.0 Å². The van der Waals surface area contributed by atoms with Gasteiger partial charge in [0.2, 0.25) is 0 Å². The summed E-state index contributed by atoms with van der Waals surface area (Å²) in [5.74, 6) is 2.16. The monoisotopic (exact) mass is 835 g/mol. The minimum Gasteiger partial charge on any atom is -0.345 e. The quantitative estimate of drug-likeness (QED) is 0.166. The number of hydrogen-bond acceptors (Lipinski definition) is 3. The van der Waals surface area contributed by atoms with Crippen molar-refractivity contribution in [3.63, 3.8) is 0 Å². The molecule has 65 heavy (non-hydrogen) atoms. The maximum absolute atomic E-state index is 5.28. The first-order chi connectivity index (χ1) is 32.2. The average Bonchev–Trinajstić information content (AvgIpc) is 3.87. The van der Waals surface area contributed by atoms with Gasteiger partial charge in [-0.05, 0) is 151 Å². The van der Waals surface area contributed by atoms with E-state index >= 15 is 0 Å². The number of amidine groups is 2. The molecule has 0 aromatic heterocycles. The lowest BCUT2D eigenvalue weighted by Gasteiger charge is -2.32. The van der Waals surface area contributed by atoms with Gasteiger partial charge >= 0.3 is 0 Å². The van der Waals surface area contributed by atoms with Crippen molar-refractivity contribution < 1.29 is 0 Å². The maximum atomic E-state index is 5.28. The van der Waals surface area contributed by atoms with Crippen LogP contribution >= 0.6 is 0 Å². The zero-order valence-corrected chi connectivity index (χ0v) is 36.5. The van der Waals surface area contributed by atoms with Crippen LogP contribution < -0.4 is 5.32 Å². The molecule has 1 heterocycles. The van der Waals surface area contributed by atoms with E-state index in [1.807, 2.05) is 0 Å². The van der Waals surface area contributed by atoms with Crippen LogP contribution in [-0.4, -0.2) is 17.8 Å². The van der Waals surface area contributed by atoms with Gasteiger partial charge in [-0.15, -0.1) is 0 Å². The summed E-state index contributed by atoms with van der Waals surface area (Å²) in [7, 11) is 0. The Bertz CT molecular complexity index is 3270. The Hall–Kier alpha value is -7.36. The zero-order valence-electron chi connectivity index (χ0n) is 36.5. The van der Waals surface area contributed by atoms with Gasteiger partial charge in [-0.1, -0.05) is 182 Å². The molecule has 0 fully saturated rings. The Labute approximate surface area is 381 Å². The van der Waals surface area contributed by atoms with E-state index in [2.05, 4.69) is 200 Å². The molecule has 2 unspecified atom stereocenters. The third-order valence-electron chi connectivity index (χ3n) is 14.9. The molecule has 0 radical (unpaired) electrons. The van der Waals surface area contributed by atoms with Gasteiger partial charge in [-0.3, -0.25) is 0 Å². The Morgan fingerprint density at radius 2 is 1.37 bits per heavy atom. The van der Waals surface area contributed by atoms with Crippen LogP contribution in [0, 0.1) is 0 Å². The summed E-state index contributed by atoms with van der Waals surface area (Å²) in [4.78, 5) is 10.4. The fourth-order valence-electron chi connectivity index (χ4n) is 11.9. The molecule has 312 valence electrons. The lowest BCUT2D eigenvalue weighted by Crippen LogP contribution is -2.41. The molecule has 6 aliphatic rings. The van der Waals surface area contributed by atoms with Crippen LogP contribution in [0.4, 0.5) is 0 Å². The van der Waals surface area contributed by atoms with Crippen molar-refractivity contribution >= 4 is 22.4 Å². The standard InChI is InChI=1S/C62H49N3/c1-4-17-42(18-5-1)53-38-47-23-10-11-26-49(47)58-57(53)52-36-35-46(39-56(52)62(58)54-29-14-12-27-50(54)51-28-13-15-30-55(51)62)41-33-31-40(32-34-41)45-24-16-25-48(37-45)61-64-59(43-19-6-2-7-20-43)63-60(65-61)44-21-8-3-9-22-44/h1-2,4-6,8,10-15,17-19,21-23,26-39,45,61H,3,7,9,16,20,24-25H2,(H,63,64,65). The molecule has 2 atom stereocenters. The van der Waals surface area contributed by atoms with Crippen molar-refractivity contribution in [3.8, 4) is 44.5 Å². The summed E-state index contributed by atoms with van der Waals surface area (Å²) in [5.41, 5.74) is 20.5. The number of nitrogens with one attached hydrogen (secondary N) is 1. The van der Waals surface area contributed by atoms with Crippen LogP contribution in [0.3, 0.4) is 0 Å². The molecule has 7 aromatic rings. The van der Waals surface area contributed by atoms with E-state index in [4.69, 9.17) is 9.98 Å². The van der Waals surface area contributed by atoms with Crippen LogP contribution in [0.1, 0.15) is 78.7 Å². The Morgan fingerprint density at radius 1 is 0.600 bits per heavy atom. The number of rotatable bonds is 6. The van der Waals surface area contributed by atoms with Crippen LogP contribution in [0.25, 0.3) is 55.3 Å². The fraction of sp³-hybridized carbons (Fsp3) is 0.161. The summed E-state index contributed by atoms with van der Waals surface area (Å²) in [6.07, 6.45) is 23.2. The molecular weight excluding hydrogens is 787 g/mol. The summed E-state index contributed by atoms with van der Waals surface area (Å²) in [6.45, 7) is 0. The van der Waals surface area contributed by atoms with Crippen molar-refractivity contribution in [1.29, 1.82) is 0 Å². The van der Waals surface area contributed by atoms with Crippen LogP contribution in [-0.2, 0) is 5.41 Å². The highest BCUT2D eigenvalue weighted by Crippen LogP contribution is 2.65. The molecule has 7 aromatic carbocycles. The first-order valence-corrected chi connectivity index (χ1v) is 23.7. The normalized spacial score (nSPS) is 19.8. The molecule has 0 bridgehead atoms. The molecule has 1 spiro atoms. The number of benzene rings is 7. The molecule has 5 aliphatic carbocycles. The lowest BCUT2D eigenvalue weighted by atomic mass is 9.69. The molecule has 1 aliphatic heterocycles. The minimum atomic E-state index is -0.477. The predicted octanol–water partition coefficient (Wildman–Crippen LogP) is 15.0. The molecule has 13 rings (SSSR count). The minimum absolute atomic E-state index is 0.115. The van der Waals surface area contributed by atoms with Crippen molar-refractivity contribution in [2.24, 2.45) is 9.98 Å². The fourth-order valence-corrected chi connectivity index (χ4v) is 11.9. The molecule has 0 saturated carbocycles. The highest BCUT2D eigenvalue weighted by molar-refractivity contribution is 6.14. The summed E-state index contributed by atoms with van der Waals surface area (Å²) < 4.78 is 0. The van der Waals surface area contributed by atoms with E-state index in [0.717, 1.165) is 62.2 Å². The van der Waals surface area contributed by atoms with E-state index in [1.165, 1.54) is 94.2 Å². The van der Waals surface area contributed by atoms with Gasteiger partial charge in [-0.2, -0.15) is 0 Å². The maximum Gasteiger partial charge on any atom is 0.159 e. The van der Waals surface area contributed by atoms with E-state index in [1.54, 1.807) is 0 Å². The van der Waals surface area contributed by atoms with E-state index in [9.17, 15) is 0 Å².